The number of carboxylic acids is 1. The van der Waals surface area contributed by atoms with E-state index >= 15 is 0 Å². The summed E-state index contributed by atoms with van der Waals surface area (Å²) in [5, 5.41) is 10.3. The average Bonchev–Trinajstić information content (AvgIpc) is 2.89. The van der Waals surface area contributed by atoms with Gasteiger partial charge in [-0.05, 0) is 48.7 Å². The first-order chi connectivity index (χ1) is 17.0. The third-order valence-corrected chi connectivity index (χ3v) is 7.13. The van der Waals surface area contributed by atoms with Gasteiger partial charge in [0.25, 0.3) is 0 Å². The van der Waals surface area contributed by atoms with Crippen LogP contribution >= 0.6 is 11.6 Å². The van der Waals surface area contributed by atoms with Crippen molar-refractivity contribution in [2.75, 3.05) is 26.9 Å². The molecule has 6 nitrogen and oxygen atoms in total. The highest BCUT2D eigenvalue weighted by Gasteiger charge is 2.29. The van der Waals surface area contributed by atoms with Crippen molar-refractivity contribution in [3.05, 3.63) is 65.2 Å². The van der Waals surface area contributed by atoms with E-state index in [-0.39, 0.29) is 0 Å². The number of carboxylic acid groups (broad SMARTS) is 1. The maximum absolute atomic E-state index is 11.7. The SMILES string of the molecule is COc1cc(-c2cccc(-c3ccc4c(c3)OCCO4)c2Cl)ccc1CN1CCCCC1C(=O)O. The van der Waals surface area contributed by atoms with Gasteiger partial charge in [0.2, 0.25) is 0 Å². The number of fused-ring (bicyclic) bond motifs is 1. The minimum atomic E-state index is -0.761. The number of hydrogen-bond acceptors (Lipinski definition) is 5. The van der Waals surface area contributed by atoms with Crippen molar-refractivity contribution in [2.24, 2.45) is 0 Å². The number of nitrogens with zero attached hydrogens (tertiary/aromatic N) is 1. The van der Waals surface area contributed by atoms with E-state index in [0.717, 1.165) is 64.5 Å². The zero-order chi connectivity index (χ0) is 24.4. The van der Waals surface area contributed by atoms with Crippen LogP contribution < -0.4 is 14.2 Å². The number of halogens is 1. The van der Waals surface area contributed by atoms with Crippen molar-refractivity contribution in [1.82, 2.24) is 4.90 Å². The first-order valence-electron chi connectivity index (χ1n) is 11.9. The number of ether oxygens (including phenoxy) is 3. The van der Waals surface area contributed by atoms with E-state index in [1.165, 1.54) is 0 Å². The highest BCUT2D eigenvalue weighted by molar-refractivity contribution is 6.36. The summed E-state index contributed by atoms with van der Waals surface area (Å²) in [5.74, 6) is 1.42. The predicted octanol–water partition coefficient (Wildman–Crippen LogP) is 5.89. The molecule has 1 unspecified atom stereocenters. The number of hydrogen-bond donors (Lipinski definition) is 1. The molecule has 5 rings (SSSR count). The van der Waals surface area contributed by atoms with Crippen LogP contribution in [-0.2, 0) is 11.3 Å². The third kappa shape index (κ3) is 4.81. The van der Waals surface area contributed by atoms with Crippen molar-refractivity contribution < 1.29 is 24.1 Å². The molecule has 3 aromatic carbocycles. The van der Waals surface area contributed by atoms with Gasteiger partial charge in [-0.3, -0.25) is 9.69 Å². The molecule has 1 fully saturated rings. The van der Waals surface area contributed by atoms with Crippen LogP contribution in [0, 0.1) is 0 Å². The predicted molar refractivity (Wildman–Crippen MR) is 136 cm³/mol. The van der Waals surface area contributed by atoms with Gasteiger partial charge in [-0.15, -0.1) is 0 Å². The summed E-state index contributed by atoms with van der Waals surface area (Å²) in [7, 11) is 1.64. The molecular formula is C28H28ClNO5. The lowest BCUT2D eigenvalue weighted by Crippen LogP contribution is -2.44. The largest absolute Gasteiger partial charge is 0.496 e. The Kier molecular flexibility index (Phi) is 6.84. The zero-order valence-electron chi connectivity index (χ0n) is 19.6. The van der Waals surface area contributed by atoms with E-state index in [0.29, 0.717) is 31.2 Å². The van der Waals surface area contributed by atoms with E-state index in [1.807, 2.05) is 59.5 Å². The molecule has 0 spiro atoms. The molecule has 7 heteroatoms. The lowest BCUT2D eigenvalue weighted by molar-refractivity contribution is -0.144. The Bertz CT molecular complexity index is 1240. The topological polar surface area (TPSA) is 68.2 Å². The number of carbonyl (C=O) groups is 1. The number of piperidine rings is 1. The van der Waals surface area contributed by atoms with Crippen LogP contribution in [0.5, 0.6) is 17.2 Å². The third-order valence-electron chi connectivity index (χ3n) is 6.72. The second kappa shape index (κ2) is 10.2. The summed E-state index contributed by atoms with van der Waals surface area (Å²) in [5.41, 5.74) is 4.65. The first kappa shape index (κ1) is 23.5. The van der Waals surface area contributed by atoms with E-state index in [4.69, 9.17) is 25.8 Å². The summed E-state index contributed by atoms with van der Waals surface area (Å²) in [4.78, 5) is 13.7. The van der Waals surface area contributed by atoms with Crippen molar-refractivity contribution in [1.29, 1.82) is 0 Å². The molecule has 182 valence electrons. The Morgan fingerprint density at radius 3 is 2.49 bits per heavy atom. The van der Waals surface area contributed by atoms with Crippen molar-refractivity contribution in [3.63, 3.8) is 0 Å². The van der Waals surface area contributed by atoms with Gasteiger partial charge >= 0.3 is 5.97 Å². The summed E-state index contributed by atoms with van der Waals surface area (Å²) >= 11 is 6.92. The molecule has 0 saturated carbocycles. The summed E-state index contributed by atoms with van der Waals surface area (Å²) in [6.07, 6.45) is 2.63. The molecule has 35 heavy (non-hydrogen) atoms. The Labute approximate surface area is 210 Å². The fourth-order valence-corrected chi connectivity index (χ4v) is 5.25. The highest BCUT2D eigenvalue weighted by Crippen LogP contribution is 2.41. The second-order valence-corrected chi connectivity index (χ2v) is 9.25. The van der Waals surface area contributed by atoms with Gasteiger partial charge in [0.1, 0.15) is 25.0 Å². The summed E-state index contributed by atoms with van der Waals surface area (Å²) in [6.45, 7) is 2.38. The lowest BCUT2D eigenvalue weighted by atomic mass is 9.96. The maximum Gasteiger partial charge on any atom is 0.320 e. The van der Waals surface area contributed by atoms with E-state index in [9.17, 15) is 9.90 Å². The zero-order valence-corrected chi connectivity index (χ0v) is 20.4. The monoisotopic (exact) mass is 493 g/mol. The molecule has 2 heterocycles. The van der Waals surface area contributed by atoms with Crippen LogP contribution in [0.2, 0.25) is 5.02 Å². The van der Waals surface area contributed by atoms with E-state index in [2.05, 4.69) is 0 Å². The minimum absolute atomic E-state index is 0.453. The van der Waals surface area contributed by atoms with Crippen LogP contribution in [-0.4, -0.2) is 48.9 Å². The number of benzene rings is 3. The van der Waals surface area contributed by atoms with Crippen LogP contribution in [0.3, 0.4) is 0 Å². The molecule has 0 aliphatic carbocycles. The Morgan fingerprint density at radius 2 is 1.74 bits per heavy atom. The summed E-state index contributed by atoms with van der Waals surface area (Å²) < 4.78 is 17.1. The van der Waals surface area contributed by atoms with Gasteiger partial charge < -0.3 is 19.3 Å². The molecule has 1 N–H and O–H groups in total. The van der Waals surface area contributed by atoms with Gasteiger partial charge in [0.15, 0.2) is 11.5 Å². The minimum Gasteiger partial charge on any atom is -0.496 e. The summed E-state index contributed by atoms with van der Waals surface area (Å²) in [6, 6.07) is 17.4. The van der Waals surface area contributed by atoms with Gasteiger partial charge in [-0.25, -0.2) is 0 Å². The molecule has 2 aliphatic heterocycles. The second-order valence-electron chi connectivity index (χ2n) is 8.87. The molecule has 3 aromatic rings. The van der Waals surface area contributed by atoms with Gasteiger partial charge in [0, 0.05) is 23.2 Å². The van der Waals surface area contributed by atoms with E-state index in [1.54, 1.807) is 7.11 Å². The van der Waals surface area contributed by atoms with Crippen molar-refractivity contribution in [3.8, 4) is 39.5 Å². The number of rotatable bonds is 6. The van der Waals surface area contributed by atoms with Crippen molar-refractivity contribution in [2.45, 2.75) is 31.8 Å². The lowest BCUT2D eigenvalue weighted by Gasteiger charge is -2.33. The maximum atomic E-state index is 11.7. The van der Waals surface area contributed by atoms with Crippen LogP contribution in [0.4, 0.5) is 0 Å². The number of aliphatic carboxylic acids is 1. The highest BCUT2D eigenvalue weighted by atomic mass is 35.5. The Morgan fingerprint density at radius 1 is 1.03 bits per heavy atom. The fraction of sp³-hybridized carbons (Fsp3) is 0.321. The van der Waals surface area contributed by atoms with Crippen LogP contribution in [0.1, 0.15) is 24.8 Å². The smallest absolute Gasteiger partial charge is 0.320 e. The normalized spacial score (nSPS) is 17.7. The molecule has 1 atom stereocenters. The number of methoxy groups -OCH3 is 1. The Hall–Kier alpha value is -3.22. The van der Waals surface area contributed by atoms with Crippen LogP contribution in [0.15, 0.2) is 54.6 Å². The molecule has 1 saturated heterocycles. The Balaban J connectivity index is 1.45. The molecular weight excluding hydrogens is 466 g/mol. The standard InChI is InChI=1S/C28H28ClNO5/c1-33-25-15-18(8-9-20(25)17-30-12-3-2-7-23(30)28(31)32)21-5-4-6-22(27(21)29)19-10-11-24-26(16-19)35-14-13-34-24/h4-6,8-11,15-16,23H,2-3,7,12-14,17H2,1H3,(H,31,32). The van der Waals surface area contributed by atoms with Crippen LogP contribution in [0.25, 0.3) is 22.3 Å². The van der Waals surface area contributed by atoms with Crippen molar-refractivity contribution >= 4 is 17.6 Å². The fourth-order valence-electron chi connectivity index (χ4n) is 4.91. The molecule has 0 aromatic heterocycles. The van der Waals surface area contributed by atoms with Gasteiger partial charge in [0.05, 0.1) is 12.1 Å². The number of likely N-dealkylation sites (tertiary alicyclic amines) is 1. The molecule has 0 radical (unpaired) electrons. The first-order valence-corrected chi connectivity index (χ1v) is 12.3. The average molecular weight is 494 g/mol. The van der Waals surface area contributed by atoms with Gasteiger partial charge in [-0.2, -0.15) is 0 Å². The molecule has 0 amide bonds. The molecule has 0 bridgehead atoms. The quantitative estimate of drug-likeness (QED) is 0.461. The van der Waals surface area contributed by atoms with E-state index < -0.39 is 12.0 Å². The van der Waals surface area contributed by atoms with Gasteiger partial charge in [-0.1, -0.05) is 54.4 Å². The molecule has 2 aliphatic rings.